The van der Waals surface area contributed by atoms with Crippen LogP contribution in [-0.2, 0) is 25.8 Å². The summed E-state index contributed by atoms with van der Waals surface area (Å²) in [7, 11) is 0. The number of β-lactam (4-membered cyclic amide) rings is 1. The maximum Gasteiger partial charge on any atom is 0.352 e. The molecule has 0 radical (unpaired) electrons. The SMILES string of the molecule is C=CC[n+]1c(N)cc(N)nc1SCC1=C(C(=O)O)N2C(=O)C(NC(=O)/C(=N\OC=CC)c3csc(N)n3)[C@H]2SC1. The molecule has 8 N–H and O–H groups in total. The largest absolute Gasteiger partial charge is 0.477 e. The van der Waals surface area contributed by atoms with Crippen LogP contribution in [0.5, 0.6) is 0 Å². The summed E-state index contributed by atoms with van der Waals surface area (Å²) in [6.45, 7) is 5.81. The first-order valence-corrected chi connectivity index (χ1v) is 14.5. The van der Waals surface area contributed by atoms with Crippen LogP contribution in [0.25, 0.3) is 0 Å². The second-order valence-electron chi connectivity index (χ2n) is 8.28. The molecule has 17 heteroatoms. The van der Waals surface area contributed by atoms with E-state index in [1.54, 1.807) is 23.6 Å². The van der Waals surface area contributed by atoms with E-state index in [0.717, 1.165) is 11.3 Å². The Hall–Kier alpha value is -4.09. The van der Waals surface area contributed by atoms with Crippen LogP contribution in [0.3, 0.4) is 0 Å². The van der Waals surface area contributed by atoms with E-state index >= 15 is 0 Å². The number of nitrogen functional groups attached to an aromatic ring is 3. The molecule has 0 bridgehead atoms. The van der Waals surface area contributed by atoms with Crippen LogP contribution < -0.4 is 27.1 Å². The number of carbonyl (C=O) groups is 3. The van der Waals surface area contributed by atoms with E-state index in [4.69, 9.17) is 22.0 Å². The molecule has 4 rings (SSSR count). The fraction of sp³-hybridized carbons (Fsp3) is 0.261. The molecule has 2 atom stereocenters. The van der Waals surface area contributed by atoms with Crippen LogP contribution in [0.15, 0.2) is 58.0 Å². The predicted molar refractivity (Wildman–Crippen MR) is 153 cm³/mol. The zero-order valence-electron chi connectivity index (χ0n) is 21.1. The smallest absolute Gasteiger partial charge is 0.352 e. The number of aliphatic carboxylic acids is 1. The molecule has 2 aliphatic rings. The van der Waals surface area contributed by atoms with Crippen molar-refractivity contribution in [3.05, 3.63) is 53.4 Å². The lowest BCUT2D eigenvalue weighted by Gasteiger charge is -2.49. The third-order valence-corrected chi connectivity index (χ3v) is 8.68. The van der Waals surface area contributed by atoms with Gasteiger partial charge in [0.15, 0.2) is 10.8 Å². The first-order valence-electron chi connectivity index (χ1n) is 11.6. The highest BCUT2D eigenvalue weighted by Crippen LogP contribution is 2.41. The Labute approximate surface area is 241 Å². The number of thioether (sulfide) groups is 2. The number of oxime groups is 1. The van der Waals surface area contributed by atoms with Crippen molar-refractivity contribution < 1.29 is 28.9 Å². The van der Waals surface area contributed by atoms with E-state index in [0.29, 0.717) is 28.8 Å². The summed E-state index contributed by atoms with van der Waals surface area (Å²) in [5.74, 6) is -1.39. The molecule has 2 amide bonds. The summed E-state index contributed by atoms with van der Waals surface area (Å²) in [6, 6.07) is 0.546. The minimum Gasteiger partial charge on any atom is -0.477 e. The molecular formula is C23H26N9O5S3+. The Morgan fingerprint density at radius 2 is 2.17 bits per heavy atom. The summed E-state index contributed by atoms with van der Waals surface area (Å²) in [5, 5.41) is 18.1. The molecule has 0 saturated carbocycles. The summed E-state index contributed by atoms with van der Waals surface area (Å²) in [6.07, 6.45) is 4.50. The van der Waals surface area contributed by atoms with Gasteiger partial charge < -0.3 is 32.5 Å². The summed E-state index contributed by atoms with van der Waals surface area (Å²) in [4.78, 5) is 53.1. The van der Waals surface area contributed by atoms with Gasteiger partial charge >= 0.3 is 11.1 Å². The van der Waals surface area contributed by atoms with Crippen LogP contribution in [0.2, 0.25) is 0 Å². The topological polar surface area (TPSA) is 216 Å². The summed E-state index contributed by atoms with van der Waals surface area (Å²) in [5.41, 5.74) is 18.0. The standard InChI is InChI=1S/C23H25N9O5S3/c1-3-5-31-14(25)7-13(24)28-23(31)40-9-11-8-38-20-16(19(34)32(20)17(11)21(35)36)29-18(33)15(30-37-6-4-2)12-10-39-22(26)27-12/h3-4,6-7,10,16,20H,1,5,8-9H2,2H3,(H7,24,25,26,27,29,33,35,36)/p+1/b6-4?,30-15-/t16?,20-/m1/s1. The molecule has 2 aromatic rings. The van der Waals surface area contributed by atoms with Crippen LogP contribution in [0.4, 0.5) is 16.8 Å². The highest BCUT2D eigenvalue weighted by Gasteiger charge is 2.54. The summed E-state index contributed by atoms with van der Waals surface area (Å²) < 4.78 is 1.70. The number of hydrogen-bond acceptors (Lipinski definition) is 13. The van der Waals surface area contributed by atoms with Crippen molar-refractivity contribution in [1.82, 2.24) is 20.2 Å². The van der Waals surface area contributed by atoms with Crippen molar-refractivity contribution in [2.45, 2.75) is 30.0 Å². The van der Waals surface area contributed by atoms with E-state index in [-0.39, 0.29) is 33.8 Å². The number of hydrogen-bond donors (Lipinski definition) is 5. The van der Waals surface area contributed by atoms with Gasteiger partial charge in [0.1, 0.15) is 29.1 Å². The van der Waals surface area contributed by atoms with Crippen molar-refractivity contribution in [1.29, 1.82) is 0 Å². The highest BCUT2D eigenvalue weighted by atomic mass is 32.2. The zero-order chi connectivity index (χ0) is 29.0. The number of fused-ring (bicyclic) bond motifs is 1. The number of rotatable bonds is 11. The molecule has 2 aliphatic heterocycles. The van der Waals surface area contributed by atoms with Crippen molar-refractivity contribution in [2.75, 3.05) is 28.7 Å². The first kappa shape index (κ1) is 28.9. The normalized spacial score (nSPS) is 18.9. The third-order valence-electron chi connectivity index (χ3n) is 5.61. The average molecular weight is 605 g/mol. The van der Waals surface area contributed by atoms with Gasteiger partial charge in [-0.05, 0) is 30.3 Å². The Morgan fingerprint density at radius 1 is 1.40 bits per heavy atom. The maximum atomic E-state index is 13.1. The zero-order valence-corrected chi connectivity index (χ0v) is 23.6. The lowest BCUT2D eigenvalue weighted by molar-refractivity contribution is -0.713. The van der Waals surface area contributed by atoms with Gasteiger partial charge in [-0.2, -0.15) is 0 Å². The van der Waals surface area contributed by atoms with Crippen molar-refractivity contribution in [3.63, 3.8) is 0 Å². The second kappa shape index (κ2) is 12.4. The molecule has 4 heterocycles. The molecule has 1 saturated heterocycles. The first-order chi connectivity index (χ1) is 19.2. The molecule has 14 nitrogen and oxygen atoms in total. The summed E-state index contributed by atoms with van der Waals surface area (Å²) >= 11 is 3.69. The molecule has 1 fully saturated rings. The molecule has 40 heavy (non-hydrogen) atoms. The van der Waals surface area contributed by atoms with Crippen LogP contribution in [0, 0.1) is 0 Å². The molecular weight excluding hydrogens is 579 g/mol. The number of carbonyl (C=O) groups excluding carboxylic acids is 2. The number of nitrogens with one attached hydrogen (secondary N) is 1. The quantitative estimate of drug-likeness (QED) is 0.0347. The van der Waals surface area contributed by atoms with E-state index in [1.165, 1.54) is 46.1 Å². The number of carboxylic acids is 1. The number of thiazole rings is 1. The van der Waals surface area contributed by atoms with E-state index in [2.05, 4.69) is 27.0 Å². The Bertz CT molecular complexity index is 1460. The lowest BCUT2D eigenvalue weighted by Crippen LogP contribution is -2.71. The Balaban J connectivity index is 1.52. The molecule has 1 unspecified atom stereocenters. The van der Waals surface area contributed by atoms with Gasteiger partial charge in [-0.25, -0.2) is 14.3 Å². The van der Waals surface area contributed by atoms with Crippen LogP contribution in [0.1, 0.15) is 12.6 Å². The number of aromatic nitrogens is 3. The Morgan fingerprint density at radius 3 is 2.83 bits per heavy atom. The molecule has 0 spiro atoms. The highest BCUT2D eigenvalue weighted by molar-refractivity contribution is 8.01. The lowest BCUT2D eigenvalue weighted by atomic mass is 10.0. The number of amides is 2. The van der Waals surface area contributed by atoms with Gasteiger partial charge in [0, 0.05) is 16.9 Å². The van der Waals surface area contributed by atoms with Gasteiger partial charge in [0.2, 0.25) is 11.6 Å². The number of carboxylic acid groups (broad SMARTS) is 1. The maximum absolute atomic E-state index is 13.1. The number of nitrogens with zero attached hydrogens (tertiary/aromatic N) is 5. The Kier molecular flexibility index (Phi) is 8.96. The predicted octanol–water partition coefficient (Wildman–Crippen LogP) is 0.543. The third kappa shape index (κ3) is 5.90. The van der Waals surface area contributed by atoms with Crippen molar-refractivity contribution in [3.8, 4) is 0 Å². The number of allylic oxidation sites excluding steroid dienone is 2. The van der Waals surface area contributed by atoms with Crippen molar-refractivity contribution >= 4 is 75.1 Å². The molecule has 210 valence electrons. The van der Waals surface area contributed by atoms with Gasteiger partial charge in [0.25, 0.3) is 11.8 Å². The van der Waals surface area contributed by atoms with Crippen LogP contribution in [-0.4, -0.2) is 66.4 Å². The van der Waals surface area contributed by atoms with Crippen LogP contribution >= 0.6 is 34.9 Å². The molecule has 0 aromatic carbocycles. The fourth-order valence-electron chi connectivity index (χ4n) is 3.87. The van der Waals surface area contributed by atoms with E-state index < -0.39 is 29.2 Å². The van der Waals surface area contributed by atoms with Gasteiger partial charge in [0.05, 0.1) is 12.6 Å². The minimum absolute atomic E-state index is 0.128. The van der Waals surface area contributed by atoms with Crippen molar-refractivity contribution in [2.24, 2.45) is 5.16 Å². The van der Waals surface area contributed by atoms with E-state index in [1.807, 2.05) is 0 Å². The van der Waals surface area contributed by atoms with Gasteiger partial charge in [-0.15, -0.1) is 23.1 Å². The monoisotopic (exact) mass is 604 g/mol. The second-order valence-corrected chi connectivity index (χ2v) is 11.2. The van der Waals surface area contributed by atoms with Gasteiger partial charge in [-0.1, -0.05) is 22.8 Å². The molecule has 0 aliphatic carbocycles. The number of nitrogens with two attached hydrogens (primary N) is 3. The number of anilines is 3. The fourth-order valence-corrected chi connectivity index (χ4v) is 6.94. The van der Waals surface area contributed by atoms with E-state index in [9.17, 15) is 19.5 Å². The molecule has 2 aromatic heterocycles. The minimum atomic E-state index is -1.25. The van der Waals surface area contributed by atoms with Gasteiger partial charge in [-0.3, -0.25) is 14.5 Å². The average Bonchev–Trinajstić information content (AvgIpc) is 3.34.